The summed E-state index contributed by atoms with van der Waals surface area (Å²) < 4.78 is 26.3. The summed E-state index contributed by atoms with van der Waals surface area (Å²) in [4.78, 5) is 12.1. The zero-order valence-electron chi connectivity index (χ0n) is 13.8. The number of rotatable bonds is 5. The van der Waals surface area contributed by atoms with Gasteiger partial charge in [0.25, 0.3) is 0 Å². The van der Waals surface area contributed by atoms with E-state index in [4.69, 9.17) is 0 Å². The molecule has 0 spiro atoms. The number of carbonyl (C=O) groups is 1. The van der Waals surface area contributed by atoms with Crippen LogP contribution >= 0.6 is 12.4 Å². The third-order valence-corrected chi connectivity index (χ3v) is 4.52. The van der Waals surface area contributed by atoms with E-state index in [0.29, 0.717) is 28.2 Å². The molecule has 1 aliphatic heterocycles. The summed E-state index contributed by atoms with van der Waals surface area (Å²) in [6, 6.07) is 0. The molecule has 0 aliphatic carbocycles. The standard InChI is InChI=1S/C15H24F2N4O.ClH/c1-10-12(11(2)21(20-10)14(16)17)8-13(22)19-9-15(3)4-6-18-7-5-15;/h14,18H,4-9H2,1-3H3,(H,19,22);1H. The quantitative estimate of drug-likeness (QED) is 0.857. The number of aryl methyl sites for hydroxylation is 1. The van der Waals surface area contributed by atoms with Gasteiger partial charge in [-0.1, -0.05) is 6.92 Å². The van der Waals surface area contributed by atoms with Crippen molar-refractivity contribution in [3.05, 3.63) is 17.0 Å². The molecule has 1 aromatic heterocycles. The van der Waals surface area contributed by atoms with E-state index in [2.05, 4.69) is 22.7 Å². The first-order chi connectivity index (χ1) is 10.3. The summed E-state index contributed by atoms with van der Waals surface area (Å²) >= 11 is 0. The van der Waals surface area contributed by atoms with Crippen molar-refractivity contribution in [2.75, 3.05) is 19.6 Å². The fraction of sp³-hybridized carbons (Fsp3) is 0.733. The molecule has 0 radical (unpaired) electrons. The number of piperidine rings is 1. The van der Waals surface area contributed by atoms with E-state index in [9.17, 15) is 13.6 Å². The van der Waals surface area contributed by atoms with Gasteiger partial charge in [-0.2, -0.15) is 13.9 Å². The molecule has 1 saturated heterocycles. The second-order valence-electron chi connectivity index (χ2n) is 6.39. The number of alkyl halides is 2. The highest BCUT2D eigenvalue weighted by atomic mass is 35.5. The van der Waals surface area contributed by atoms with Crippen LogP contribution in [0.15, 0.2) is 0 Å². The van der Waals surface area contributed by atoms with Gasteiger partial charge < -0.3 is 10.6 Å². The summed E-state index contributed by atoms with van der Waals surface area (Å²) in [6.07, 6.45) is 2.14. The summed E-state index contributed by atoms with van der Waals surface area (Å²) in [5.74, 6) is -0.139. The van der Waals surface area contributed by atoms with Gasteiger partial charge in [0, 0.05) is 17.8 Å². The van der Waals surface area contributed by atoms with E-state index in [1.54, 1.807) is 13.8 Å². The number of hydrogen-bond acceptors (Lipinski definition) is 3. The second-order valence-corrected chi connectivity index (χ2v) is 6.39. The number of carbonyl (C=O) groups excluding carboxylic acids is 1. The third kappa shape index (κ3) is 4.88. The molecule has 1 aromatic rings. The van der Waals surface area contributed by atoms with Gasteiger partial charge in [-0.3, -0.25) is 4.79 Å². The van der Waals surface area contributed by atoms with Crippen LogP contribution in [-0.2, 0) is 11.2 Å². The number of aromatic nitrogens is 2. The Hall–Kier alpha value is -1.21. The zero-order valence-corrected chi connectivity index (χ0v) is 14.6. The lowest BCUT2D eigenvalue weighted by Crippen LogP contribution is -2.43. The lowest BCUT2D eigenvalue weighted by molar-refractivity contribution is -0.121. The fourth-order valence-electron chi connectivity index (χ4n) is 2.89. The van der Waals surface area contributed by atoms with Gasteiger partial charge in [0.2, 0.25) is 5.91 Å². The van der Waals surface area contributed by atoms with Gasteiger partial charge in [-0.05, 0) is 45.2 Å². The van der Waals surface area contributed by atoms with Crippen molar-refractivity contribution in [3.63, 3.8) is 0 Å². The van der Waals surface area contributed by atoms with Gasteiger partial charge in [0.1, 0.15) is 0 Å². The molecule has 23 heavy (non-hydrogen) atoms. The van der Waals surface area contributed by atoms with E-state index >= 15 is 0 Å². The molecule has 5 nitrogen and oxygen atoms in total. The highest BCUT2D eigenvalue weighted by molar-refractivity contribution is 5.85. The van der Waals surface area contributed by atoms with Crippen molar-refractivity contribution in [3.8, 4) is 0 Å². The molecule has 1 fully saturated rings. The maximum Gasteiger partial charge on any atom is 0.333 e. The van der Waals surface area contributed by atoms with Gasteiger partial charge in [0.15, 0.2) is 0 Å². The van der Waals surface area contributed by atoms with Crippen LogP contribution in [-0.4, -0.2) is 35.3 Å². The maximum absolute atomic E-state index is 12.8. The summed E-state index contributed by atoms with van der Waals surface area (Å²) in [5, 5.41) is 10.0. The third-order valence-electron chi connectivity index (χ3n) is 4.52. The van der Waals surface area contributed by atoms with E-state index in [1.165, 1.54) is 0 Å². The zero-order chi connectivity index (χ0) is 16.3. The molecule has 8 heteroatoms. The predicted octanol–water partition coefficient (Wildman–Crippen LogP) is 2.37. The molecule has 0 atom stereocenters. The van der Waals surface area contributed by atoms with Crippen LogP contribution in [0.1, 0.15) is 43.3 Å². The van der Waals surface area contributed by atoms with Crippen LogP contribution in [0.5, 0.6) is 0 Å². The minimum Gasteiger partial charge on any atom is -0.355 e. The number of amides is 1. The molecule has 0 saturated carbocycles. The Morgan fingerprint density at radius 2 is 2.00 bits per heavy atom. The summed E-state index contributed by atoms with van der Waals surface area (Å²) in [5.41, 5.74) is 1.54. The number of nitrogens with one attached hydrogen (secondary N) is 2. The van der Waals surface area contributed by atoms with Crippen molar-refractivity contribution >= 4 is 18.3 Å². The van der Waals surface area contributed by atoms with Crippen molar-refractivity contribution < 1.29 is 13.6 Å². The van der Waals surface area contributed by atoms with E-state index in [1.807, 2.05) is 0 Å². The first kappa shape index (κ1) is 19.8. The van der Waals surface area contributed by atoms with Crippen LogP contribution in [0.25, 0.3) is 0 Å². The first-order valence-corrected chi connectivity index (χ1v) is 7.62. The number of nitrogens with zero attached hydrogens (tertiary/aromatic N) is 2. The van der Waals surface area contributed by atoms with E-state index < -0.39 is 6.55 Å². The average molecular weight is 351 g/mol. The van der Waals surface area contributed by atoms with Crippen molar-refractivity contribution in [1.82, 2.24) is 20.4 Å². The molecule has 0 bridgehead atoms. The smallest absolute Gasteiger partial charge is 0.333 e. The van der Waals surface area contributed by atoms with Gasteiger partial charge >= 0.3 is 6.55 Å². The van der Waals surface area contributed by atoms with Crippen molar-refractivity contribution in [1.29, 1.82) is 0 Å². The summed E-state index contributed by atoms with van der Waals surface area (Å²) in [6.45, 7) is 5.26. The highest BCUT2D eigenvalue weighted by Gasteiger charge is 2.27. The SMILES string of the molecule is Cc1nn(C(F)F)c(C)c1CC(=O)NCC1(C)CCNCC1.Cl. The Labute approximate surface area is 141 Å². The molecule has 1 amide bonds. The molecule has 0 aromatic carbocycles. The normalized spacial score (nSPS) is 17.0. The van der Waals surface area contributed by atoms with E-state index in [-0.39, 0.29) is 30.2 Å². The molecule has 1 aliphatic rings. The van der Waals surface area contributed by atoms with E-state index in [0.717, 1.165) is 25.9 Å². The highest BCUT2D eigenvalue weighted by Crippen LogP contribution is 2.26. The van der Waals surface area contributed by atoms with Crippen molar-refractivity contribution in [2.45, 2.75) is 46.6 Å². The number of halogens is 3. The van der Waals surface area contributed by atoms with Gasteiger partial charge in [-0.15, -0.1) is 12.4 Å². The number of hydrogen-bond donors (Lipinski definition) is 2. The lowest BCUT2D eigenvalue weighted by Gasteiger charge is -2.34. The molecule has 0 unspecified atom stereocenters. The lowest BCUT2D eigenvalue weighted by atomic mass is 9.81. The average Bonchev–Trinajstić information content (AvgIpc) is 2.74. The molecule has 2 N–H and O–H groups in total. The second kappa shape index (κ2) is 8.06. The van der Waals surface area contributed by atoms with Crippen molar-refractivity contribution in [2.24, 2.45) is 5.41 Å². The maximum atomic E-state index is 12.8. The Kier molecular flexibility index (Phi) is 6.95. The Bertz CT molecular complexity index is 542. The fourth-order valence-corrected chi connectivity index (χ4v) is 2.89. The minimum absolute atomic E-state index is 0. The molecular weight excluding hydrogens is 326 g/mol. The largest absolute Gasteiger partial charge is 0.355 e. The van der Waals surface area contributed by atoms with Crippen LogP contribution in [0.4, 0.5) is 8.78 Å². The minimum atomic E-state index is -2.68. The van der Waals surface area contributed by atoms with Gasteiger partial charge in [0.05, 0.1) is 12.1 Å². The Morgan fingerprint density at radius 3 is 2.52 bits per heavy atom. The Morgan fingerprint density at radius 1 is 1.39 bits per heavy atom. The Balaban J connectivity index is 0.00000264. The summed E-state index contributed by atoms with van der Waals surface area (Å²) in [7, 11) is 0. The molecular formula is C15H25ClF2N4O. The monoisotopic (exact) mass is 350 g/mol. The molecule has 2 heterocycles. The first-order valence-electron chi connectivity index (χ1n) is 7.62. The predicted molar refractivity (Wildman–Crippen MR) is 87.1 cm³/mol. The van der Waals surface area contributed by atoms with Gasteiger partial charge in [-0.25, -0.2) is 4.68 Å². The van der Waals surface area contributed by atoms with Crippen LogP contribution in [0.3, 0.4) is 0 Å². The van der Waals surface area contributed by atoms with Crippen LogP contribution < -0.4 is 10.6 Å². The van der Waals surface area contributed by atoms with Crippen LogP contribution in [0, 0.1) is 19.3 Å². The molecule has 132 valence electrons. The topological polar surface area (TPSA) is 59.0 Å². The molecule has 2 rings (SSSR count). The van der Waals surface area contributed by atoms with Crippen LogP contribution in [0.2, 0.25) is 0 Å².